The molecule has 1 fully saturated rings. The fraction of sp³-hybridized carbons (Fsp3) is 0.467. The van der Waals surface area contributed by atoms with Crippen molar-refractivity contribution < 1.29 is 13.3 Å². The Morgan fingerprint density at radius 3 is 2.83 bits per heavy atom. The molecule has 120 valence electrons. The molecule has 0 spiro atoms. The van der Waals surface area contributed by atoms with Crippen molar-refractivity contribution in [3.8, 4) is 23.1 Å². The minimum absolute atomic E-state index is 0.302. The first-order valence-corrected chi connectivity index (χ1v) is 7.52. The quantitative estimate of drug-likeness (QED) is 0.736. The third kappa shape index (κ3) is 2.64. The Bertz CT molecular complexity index is 831. The highest BCUT2D eigenvalue weighted by atomic mass is 19.1. The van der Waals surface area contributed by atoms with Gasteiger partial charge in [0.1, 0.15) is 6.17 Å². The van der Waals surface area contributed by atoms with Crippen LogP contribution < -0.4 is 0 Å². The van der Waals surface area contributed by atoms with Gasteiger partial charge >= 0.3 is 0 Å². The van der Waals surface area contributed by atoms with Gasteiger partial charge in [-0.1, -0.05) is 5.16 Å². The number of hydrogen-bond donors (Lipinski definition) is 0. The molecule has 0 N–H and O–H groups in total. The molecule has 1 saturated carbocycles. The predicted octanol–water partition coefficient (Wildman–Crippen LogP) is 2.72. The van der Waals surface area contributed by atoms with Crippen molar-refractivity contribution in [3.63, 3.8) is 0 Å². The van der Waals surface area contributed by atoms with Gasteiger partial charge < -0.3 is 8.94 Å². The molecule has 0 unspecified atom stereocenters. The van der Waals surface area contributed by atoms with E-state index in [4.69, 9.17) is 8.94 Å². The second kappa shape index (κ2) is 5.29. The molecule has 0 amide bonds. The molecule has 3 heterocycles. The molecule has 0 radical (unpaired) electrons. The summed E-state index contributed by atoms with van der Waals surface area (Å²) in [6.45, 7) is 1.82. The van der Waals surface area contributed by atoms with Crippen LogP contribution in [-0.4, -0.2) is 31.1 Å². The maximum atomic E-state index is 12.9. The monoisotopic (exact) mass is 317 g/mol. The average molecular weight is 317 g/mol. The largest absolute Gasteiger partial charge is 0.430 e. The van der Waals surface area contributed by atoms with Crippen molar-refractivity contribution in [2.45, 2.75) is 32.4 Å². The molecular formula is C15H16FN5O2. The normalized spacial score (nSPS) is 20.7. The van der Waals surface area contributed by atoms with Crippen molar-refractivity contribution >= 4 is 0 Å². The molecule has 0 atom stereocenters. The maximum Gasteiger partial charge on any atom is 0.295 e. The summed E-state index contributed by atoms with van der Waals surface area (Å²) in [5.41, 5.74) is 1.46. The van der Waals surface area contributed by atoms with Gasteiger partial charge in [-0.3, -0.25) is 4.68 Å². The van der Waals surface area contributed by atoms with Crippen LogP contribution in [0.15, 0.2) is 21.3 Å². The lowest BCUT2D eigenvalue weighted by Gasteiger charge is -2.28. The zero-order chi connectivity index (χ0) is 16.0. The van der Waals surface area contributed by atoms with Crippen molar-refractivity contribution in [1.82, 2.24) is 24.9 Å². The molecule has 0 aromatic carbocycles. The van der Waals surface area contributed by atoms with E-state index in [1.54, 1.807) is 10.9 Å². The van der Waals surface area contributed by atoms with Crippen LogP contribution >= 0.6 is 0 Å². The fourth-order valence-electron chi connectivity index (χ4n) is 2.76. The lowest BCUT2D eigenvalue weighted by Crippen LogP contribution is -2.26. The highest BCUT2D eigenvalue weighted by molar-refractivity contribution is 5.57. The number of oxazole rings is 1. The number of halogens is 1. The average Bonchev–Trinajstić information content (AvgIpc) is 3.17. The van der Waals surface area contributed by atoms with E-state index in [2.05, 4.69) is 20.2 Å². The van der Waals surface area contributed by atoms with Crippen LogP contribution in [0.2, 0.25) is 0 Å². The number of hydrogen-bond acceptors (Lipinski definition) is 6. The second-order valence-electron chi connectivity index (χ2n) is 5.99. The van der Waals surface area contributed by atoms with E-state index >= 15 is 0 Å². The lowest BCUT2D eigenvalue weighted by atomic mass is 9.81. The molecule has 3 aromatic heterocycles. The predicted molar refractivity (Wildman–Crippen MR) is 78.1 cm³/mol. The SMILES string of the molecule is Cc1nc(-c2cnn(C)c2)oc1-c1nc(CC2CC(F)C2)no1. The smallest absolute Gasteiger partial charge is 0.295 e. The summed E-state index contributed by atoms with van der Waals surface area (Å²) in [6.07, 6.45) is 4.61. The Balaban J connectivity index is 1.56. The third-order valence-electron chi connectivity index (χ3n) is 4.06. The Hall–Kier alpha value is -2.51. The highest BCUT2D eigenvalue weighted by Crippen LogP contribution is 2.33. The van der Waals surface area contributed by atoms with Crippen molar-refractivity contribution in [1.29, 1.82) is 0 Å². The van der Waals surface area contributed by atoms with Gasteiger partial charge in [0, 0.05) is 19.7 Å². The van der Waals surface area contributed by atoms with Crippen molar-refractivity contribution in [2.75, 3.05) is 0 Å². The number of aromatic nitrogens is 5. The zero-order valence-corrected chi connectivity index (χ0v) is 12.9. The van der Waals surface area contributed by atoms with Crippen LogP contribution in [0.3, 0.4) is 0 Å². The minimum Gasteiger partial charge on any atom is -0.430 e. The Kier molecular flexibility index (Phi) is 3.24. The van der Waals surface area contributed by atoms with E-state index in [9.17, 15) is 4.39 Å². The van der Waals surface area contributed by atoms with Crippen LogP contribution in [0, 0.1) is 12.8 Å². The minimum atomic E-state index is -0.676. The van der Waals surface area contributed by atoms with Gasteiger partial charge in [0.05, 0.1) is 17.5 Å². The van der Waals surface area contributed by atoms with E-state index in [1.807, 2.05) is 20.2 Å². The fourth-order valence-corrected chi connectivity index (χ4v) is 2.76. The summed E-state index contributed by atoms with van der Waals surface area (Å²) in [7, 11) is 1.83. The van der Waals surface area contributed by atoms with Crippen LogP contribution in [0.1, 0.15) is 24.4 Å². The lowest BCUT2D eigenvalue weighted by molar-refractivity contribution is 0.129. The molecule has 3 aromatic rings. The molecule has 23 heavy (non-hydrogen) atoms. The summed E-state index contributed by atoms with van der Waals surface area (Å²) in [6, 6.07) is 0. The number of nitrogens with zero attached hydrogens (tertiary/aromatic N) is 5. The first kappa shape index (κ1) is 14.1. The molecule has 4 rings (SSSR count). The molecule has 0 bridgehead atoms. The van der Waals surface area contributed by atoms with Crippen LogP contribution in [0.25, 0.3) is 23.1 Å². The summed E-state index contributed by atoms with van der Waals surface area (Å²) < 4.78 is 25.6. The molecule has 1 aliphatic rings. The number of aryl methyl sites for hydroxylation is 2. The van der Waals surface area contributed by atoms with Crippen LogP contribution in [-0.2, 0) is 13.5 Å². The zero-order valence-electron chi connectivity index (χ0n) is 12.9. The van der Waals surface area contributed by atoms with Gasteiger partial charge in [-0.05, 0) is 25.7 Å². The molecule has 0 saturated heterocycles. The van der Waals surface area contributed by atoms with Gasteiger partial charge in [-0.2, -0.15) is 10.1 Å². The summed E-state index contributed by atoms with van der Waals surface area (Å²) in [4.78, 5) is 8.73. The molecule has 0 aliphatic heterocycles. The standard InChI is InChI=1S/C15H16FN5O2/c1-8-13(22-14(18-8)10-6-17-21(2)7-10)15-19-12(20-23-15)5-9-3-11(16)4-9/h6-7,9,11H,3-5H2,1-2H3. The van der Waals surface area contributed by atoms with E-state index in [-0.39, 0.29) is 0 Å². The number of rotatable bonds is 4. The van der Waals surface area contributed by atoms with Gasteiger partial charge in [0.2, 0.25) is 11.7 Å². The van der Waals surface area contributed by atoms with Crippen molar-refractivity contribution in [3.05, 3.63) is 23.9 Å². The van der Waals surface area contributed by atoms with Gasteiger partial charge in [0.15, 0.2) is 5.82 Å². The van der Waals surface area contributed by atoms with E-state index < -0.39 is 6.17 Å². The Labute approximate surface area is 131 Å². The van der Waals surface area contributed by atoms with Gasteiger partial charge in [-0.25, -0.2) is 9.37 Å². The summed E-state index contributed by atoms with van der Waals surface area (Å²) in [5, 5.41) is 8.05. The summed E-state index contributed by atoms with van der Waals surface area (Å²) in [5.74, 6) is 2.10. The third-order valence-corrected chi connectivity index (χ3v) is 4.06. The molecule has 7 nitrogen and oxygen atoms in total. The molecule has 1 aliphatic carbocycles. The molecular weight excluding hydrogens is 301 g/mol. The highest BCUT2D eigenvalue weighted by Gasteiger charge is 2.30. The van der Waals surface area contributed by atoms with Crippen LogP contribution in [0.5, 0.6) is 0 Å². The first-order valence-electron chi connectivity index (χ1n) is 7.52. The second-order valence-corrected chi connectivity index (χ2v) is 5.99. The number of alkyl halides is 1. The topological polar surface area (TPSA) is 82.8 Å². The maximum absolute atomic E-state index is 12.9. The van der Waals surface area contributed by atoms with Gasteiger partial charge in [0.25, 0.3) is 5.89 Å². The van der Waals surface area contributed by atoms with Crippen LogP contribution in [0.4, 0.5) is 4.39 Å². The first-order chi connectivity index (χ1) is 11.1. The Morgan fingerprint density at radius 1 is 1.30 bits per heavy atom. The summed E-state index contributed by atoms with van der Waals surface area (Å²) >= 11 is 0. The van der Waals surface area contributed by atoms with Gasteiger partial charge in [-0.15, -0.1) is 0 Å². The van der Waals surface area contributed by atoms with E-state index in [0.29, 0.717) is 54.2 Å². The Morgan fingerprint density at radius 2 is 2.13 bits per heavy atom. The van der Waals surface area contributed by atoms with E-state index in [0.717, 1.165) is 5.56 Å². The van der Waals surface area contributed by atoms with E-state index in [1.165, 1.54) is 0 Å². The molecule has 8 heteroatoms. The van der Waals surface area contributed by atoms with Crippen molar-refractivity contribution in [2.24, 2.45) is 13.0 Å².